The Morgan fingerprint density at radius 1 is 0.850 bits per heavy atom. The van der Waals surface area contributed by atoms with E-state index in [2.05, 4.69) is 5.32 Å². The monoisotopic (exact) mass is 278 g/mol. The second-order valence-electron chi connectivity index (χ2n) is 7.43. The predicted octanol–water partition coefficient (Wildman–Crippen LogP) is 2.98. The SMILES string of the molecule is NC1CCC(NC(=O)C2CCC3CCCCC3C2)CC1. The zero-order valence-corrected chi connectivity index (χ0v) is 12.7. The third kappa shape index (κ3) is 3.36. The molecule has 3 N–H and O–H groups in total. The molecule has 0 aliphatic heterocycles. The van der Waals surface area contributed by atoms with Crippen molar-refractivity contribution in [2.45, 2.75) is 82.7 Å². The topological polar surface area (TPSA) is 55.1 Å². The largest absolute Gasteiger partial charge is 0.353 e. The van der Waals surface area contributed by atoms with E-state index in [4.69, 9.17) is 5.73 Å². The van der Waals surface area contributed by atoms with Crippen LogP contribution < -0.4 is 11.1 Å². The van der Waals surface area contributed by atoms with Crippen LogP contribution in [0.5, 0.6) is 0 Å². The van der Waals surface area contributed by atoms with Crippen LogP contribution >= 0.6 is 0 Å². The molecule has 3 aliphatic carbocycles. The summed E-state index contributed by atoms with van der Waals surface area (Å²) in [6.07, 6.45) is 13.4. The Morgan fingerprint density at radius 2 is 1.55 bits per heavy atom. The van der Waals surface area contributed by atoms with Gasteiger partial charge in [0.05, 0.1) is 0 Å². The highest BCUT2D eigenvalue weighted by Gasteiger charge is 2.35. The number of carbonyl (C=O) groups is 1. The fourth-order valence-corrected chi connectivity index (χ4v) is 4.69. The molecule has 0 bridgehead atoms. The zero-order chi connectivity index (χ0) is 13.9. The van der Waals surface area contributed by atoms with Gasteiger partial charge in [0.2, 0.25) is 5.91 Å². The normalized spacial score (nSPS) is 41.8. The van der Waals surface area contributed by atoms with Crippen molar-refractivity contribution in [2.75, 3.05) is 0 Å². The van der Waals surface area contributed by atoms with E-state index in [1.165, 1.54) is 32.1 Å². The highest BCUT2D eigenvalue weighted by atomic mass is 16.1. The third-order valence-corrected chi connectivity index (χ3v) is 6.03. The highest BCUT2D eigenvalue weighted by Crippen LogP contribution is 2.42. The van der Waals surface area contributed by atoms with Gasteiger partial charge in [0.25, 0.3) is 0 Å². The first-order valence-electron chi connectivity index (χ1n) is 8.78. The van der Waals surface area contributed by atoms with Gasteiger partial charge in [0.15, 0.2) is 0 Å². The molecule has 3 unspecified atom stereocenters. The lowest BCUT2D eigenvalue weighted by Gasteiger charge is -2.39. The molecule has 0 radical (unpaired) electrons. The van der Waals surface area contributed by atoms with E-state index in [1.54, 1.807) is 0 Å². The number of carbonyl (C=O) groups excluding carboxylic acids is 1. The van der Waals surface area contributed by atoms with Gasteiger partial charge in [-0.25, -0.2) is 0 Å². The van der Waals surface area contributed by atoms with Crippen LogP contribution in [-0.2, 0) is 4.79 Å². The Kier molecular flexibility index (Phi) is 4.65. The molecule has 3 atom stereocenters. The van der Waals surface area contributed by atoms with Crippen molar-refractivity contribution >= 4 is 5.91 Å². The number of nitrogens with one attached hydrogen (secondary N) is 1. The van der Waals surface area contributed by atoms with E-state index >= 15 is 0 Å². The Labute approximate surface area is 123 Å². The molecule has 0 saturated heterocycles. The van der Waals surface area contributed by atoms with Crippen molar-refractivity contribution in [3.63, 3.8) is 0 Å². The van der Waals surface area contributed by atoms with Gasteiger partial charge in [0, 0.05) is 18.0 Å². The van der Waals surface area contributed by atoms with Crippen LogP contribution in [0.1, 0.15) is 70.6 Å². The highest BCUT2D eigenvalue weighted by molar-refractivity contribution is 5.79. The van der Waals surface area contributed by atoms with Gasteiger partial charge in [0.1, 0.15) is 0 Å². The third-order valence-electron chi connectivity index (χ3n) is 6.03. The van der Waals surface area contributed by atoms with Gasteiger partial charge in [-0.2, -0.15) is 0 Å². The van der Waals surface area contributed by atoms with Crippen LogP contribution in [0.4, 0.5) is 0 Å². The van der Waals surface area contributed by atoms with Crippen LogP contribution in [-0.4, -0.2) is 18.0 Å². The Hall–Kier alpha value is -0.570. The van der Waals surface area contributed by atoms with E-state index in [1.807, 2.05) is 0 Å². The summed E-state index contributed by atoms with van der Waals surface area (Å²) in [7, 11) is 0. The van der Waals surface area contributed by atoms with Gasteiger partial charge in [-0.1, -0.05) is 25.7 Å². The van der Waals surface area contributed by atoms with E-state index in [-0.39, 0.29) is 0 Å². The molecule has 0 aromatic carbocycles. The second-order valence-corrected chi connectivity index (χ2v) is 7.43. The molecular formula is C17H30N2O. The summed E-state index contributed by atoms with van der Waals surface area (Å²) in [6, 6.07) is 0.757. The summed E-state index contributed by atoms with van der Waals surface area (Å²) in [5.74, 6) is 2.41. The van der Waals surface area contributed by atoms with E-state index in [0.29, 0.717) is 23.9 Å². The fourth-order valence-electron chi connectivity index (χ4n) is 4.69. The van der Waals surface area contributed by atoms with Crippen LogP contribution in [0.2, 0.25) is 0 Å². The Balaban J connectivity index is 1.47. The molecule has 20 heavy (non-hydrogen) atoms. The molecule has 114 valence electrons. The van der Waals surface area contributed by atoms with Crippen LogP contribution in [0.3, 0.4) is 0 Å². The molecule has 0 aromatic heterocycles. The molecule has 3 aliphatic rings. The quantitative estimate of drug-likeness (QED) is 0.816. The second kappa shape index (κ2) is 6.46. The van der Waals surface area contributed by atoms with Crippen molar-refractivity contribution in [2.24, 2.45) is 23.5 Å². The van der Waals surface area contributed by atoms with E-state index in [0.717, 1.165) is 50.4 Å². The Morgan fingerprint density at radius 3 is 2.30 bits per heavy atom. The molecule has 1 amide bonds. The molecule has 3 fully saturated rings. The standard InChI is InChI=1S/C17H30N2O/c18-15-7-9-16(10-8-15)19-17(20)14-6-5-12-3-1-2-4-13(12)11-14/h12-16H,1-11,18H2,(H,19,20). The lowest BCUT2D eigenvalue weighted by molar-refractivity contribution is -0.128. The number of fused-ring (bicyclic) bond motifs is 1. The van der Waals surface area contributed by atoms with E-state index in [9.17, 15) is 4.79 Å². The minimum Gasteiger partial charge on any atom is -0.353 e. The summed E-state index contributed by atoms with van der Waals surface area (Å²) >= 11 is 0. The van der Waals surface area contributed by atoms with Gasteiger partial charge < -0.3 is 11.1 Å². The summed E-state index contributed by atoms with van der Waals surface area (Å²) < 4.78 is 0. The number of rotatable bonds is 2. The maximum Gasteiger partial charge on any atom is 0.223 e. The Bertz CT molecular complexity index is 336. The van der Waals surface area contributed by atoms with Crippen LogP contribution in [0.25, 0.3) is 0 Å². The van der Waals surface area contributed by atoms with Crippen molar-refractivity contribution in [3.8, 4) is 0 Å². The van der Waals surface area contributed by atoms with Crippen molar-refractivity contribution in [3.05, 3.63) is 0 Å². The van der Waals surface area contributed by atoms with Gasteiger partial charge in [-0.3, -0.25) is 4.79 Å². The molecule has 0 heterocycles. The molecule has 3 rings (SSSR count). The lowest BCUT2D eigenvalue weighted by atomic mass is 9.67. The zero-order valence-electron chi connectivity index (χ0n) is 12.7. The number of nitrogens with two attached hydrogens (primary N) is 1. The molecule has 3 saturated carbocycles. The van der Waals surface area contributed by atoms with Gasteiger partial charge in [-0.15, -0.1) is 0 Å². The summed E-state index contributed by atoms with van der Waals surface area (Å²) in [6.45, 7) is 0. The molecular weight excluding hydrogens is 248 g/mol. The first kappa shape index (κ1) is 14.4. The van der Waals surface area contributed by atoms with Gasteiger partial charge >= 0.3 is 0 Å². The predicted molar refractivity (Wildman–Crippen MR) is 81.2 cm³/mol. The summed E-state index contributed by atoms with van der Waals surface area (Å²) in [5, 5.41) is 3.31. The molecule has 3 heteroatoms. The van der Waals surface area contributed by atoms with Crippen LogP contribution in [0, 0.1) is 17.8 Å². The molecule has 3 nitrogen and oxygen atoms in total. The molecule has 0 spiro atoms. The average molecular weight is 278 g/mol. The lowest BCUT2D eigenvalue weighted by Crippen LogP contribution is -2.44. The summed E-state index contributed by atoms with van der Waals surface area (Å²) in [5.41, 5.74) is 5.93. The smallest absolute Gasteiger partial charge is 0.223 e. The average Bonchev–Trinajstić information content (AvgIpc) is 2.49. The van der Waals surface area contributed by atoms with Crippen molar-refractivity contribution in [1.29, 1.82) is 0 Å². The number of hydrogen-bond acceptors (Lipinski definition) is 2. The first-order valence-corrected chi connectivity index (χ1v) is 8.78. The minimum atomic E-state index is 0.296. The fraction of sp³-hybridized carbons (Fsp3) is 0.941. The van der Waals surface area contributed by atoms with Gasteiger partial charge in [-0.05, 0) is 56.8 Å². The number of hydrogen-bond donors (Lipinski definition) is 2. The first-order chi connectivity index (χ1) is 9.72. The number of amides is 1. The maximum atomic E-state index is 12.5. The maximum absolute atomic E-state index is 12.5. The van der Waals surface area contributed by atoms with E-state index < -0.39 is 0 Å². The van der Waals surface area contributed by atoms with Crippen molar-refractivity contribution < 1.29 is 4.79 Å². The molecule has 0 aromatic rings. The van der Waals surface area contributed by atoms with Crippen molar-refractivity contribution in [1.82, 2.24) is 5.32 Å². The summed E-state index contributed by atoms with van der Waals surface area (Å²) in [4.78, 5) is 12.5. The minimum absolute atomic E-state index is 0.296. The van der Waals surface area contributed by atoms with Crippen LogP contribution in [0.15, 0.2) is 0 Å².